The predicted octanol–water partition coefficient (Wildman–Crippen LogP) is 6.20. The number of anilines is 1. The van der Waals surface area contributed by atoms with Gasteiger partial charge in [0, 0.05) is 36.1 Å². The number of fused-ring (bicyclic) bond motifs is 3. The zero-order valence-electron chi connectivity index (χ0n) is 18.8. The van der Waals surface area contributed by atoms with Gasteiger partial charge in [-0.25, -0.2) is 0 Å². The Morgan fingerprint density at radius 1 is 1.18 bits per heavy atom. The first-order valence-electron chi connectivity index (χ1n) is 11.4. The maximum atomic E-state index is 13.2. The molecule has 4 atom stereocenters. The summed E-state index contributed by atoms with van der Waals surface area (Å²) in [4.78, 5) is 27.7. The van der Waals surface area contributed by atoms with Gasteiger partial charge in [0.05, 0.1) is 11.6 Å². The monoisotopic (exact) mass is 456 g/mol. The Balaban J connectivity index is 1.70. The molecule has 2 aliphatic carbocycles. The molecule has 1 heterocycles. The zero-order valence-corrected chi connectivity index (χ0v) is 18.8. The summed E-state index contributed by atoms with van der Waals surface area (Å²) in [7, 11) is 0. The number of alkyl halides is 3. The minimum atomic E-state index is -4.44. The fraction of sp³-hybridized carbons (Fsp3) is 0.500. The molecule has 0 radical (unpaired) electrons. The number of benzene rings is 1. The summed E-state index contributed by atoms with van der Waals surface area (Å²) in [6, 6.07) is 6.83. The van der Waals surface area contributed by atoms with Crippen molar-refractivity contribution in [3.63, 3.8) is 0 Å². The molecule has 3 aliphatic rings. The molecule has 0 saturated heterocycles. The van der Waals surface area contributed by atoms with Gasteiger partial charge in [-0.15, -0.1) is 0 Å². The molecule has 4 nitrogen and oxygen atoms in total. The molecule has 7 heteroatoms. The highest BCUT2D eigenvalue weighted by Crippen LogP contribution is 2.57. The highest BCUT2D eigenvalue weighted by atomic mass is 19.4. The summed E-state index contributed by atoms with van der Waals surface area (Å²) in [5.41, 5.74) is 1.16. The Labute approximate surface area is 191 Å². The van der Waals surface area contributed by atoms with Gasteiger partial charge in [0.1, 0.15) is 0 Å². The minimum Gasteiger partial charge on any atom is -0.295 e. The lowest BCUT2D eigenvalue weighted by Gasteiger charge is -2.51. The van der Waals surface area contributed by atoms with Crippen LogP contribution in [0.5, 0.6) is 0 Å². The van der Waals surface area contributed by atoms with E-state index in [-0.39, 0.29) is 35.9 Å². The first-order valence-corrected chi connectivity index (χ1v) is 11.4. The van der Waals surface area contributed by atoms with Crippen molar-refractivity contribution in [2.75, 3.05) is 4.90 Å². The highest BCUT2D eigenvalue weighted by Gasteiger charge is 2.53. The van der Waals surface area contributed by atoms with Crippen molar-refractivity contribution in [3.05, 3.63) is 53.3 Å². The first kappa shape index (κ1) is 23.3. The van der Waals surface area contributed by atoms with Crippen molar-refractivity contribution < 1.29 is 22.8 Å². The van der Waals surface area contributed by atoms with Crippen LogP contribution < -0.4 is 4.90 Å². The first-order chi connectivity index (χ1) is 15.6. The van der Waals surface area contributed by atoms with Crippen LogP contribution in [-0.2, 0) is 15.8 Å². The lowest BCUT2D eigenvalue weighted by molar-refractivity contribution is -0.137. The van der Waals surface area contributed by atoms with Crippen molar-refractivity contribution in [1.82, 2.24) is 0 Å². The molecular weight excluding hydrogens is 429 g/mol. The molecule has 1 aromatic rings. The van der Waals surface area contributed by atoms with E-state index in [1.807, 2.05) is 13.8 Å². The second kappa shape index (κ2) is 8.48. The number of amides is 1. The number of carbonyl (C=O) groups excluding carboxylic acids is 2. The van der Waals surface area contributed by atoms with Gasteiger partial charge in [-0.3, -0.25) is 14.5 Å². The average molecular weight is 457 g/mol. The second-order valence-electron chi connectivity index (χ2n) is 9.65. The predicted molar refractivity (Wildman–Crippen MR) is 118 cm³/mol. The second-order valence-corrected chi connectivity index (χ2v) is 9.65. The molecular formula is C26H27F3N2O2. The standard InChI is InChI=1S/C26H27F3N2O2/c1-16-14-22(32)24-21(20(16)4-3-13-30)10-7-18-15-31(23(33)11-12-25(18,24)2)19-8-5-17(6-9-19)26(27,28)29/h5-6,8-9,14-15,20-21,24H,3-4,7,10-12H2,1-2H3/t20-,21+,24-,25+/m1/s1. The Morgan fingerprint density at radius 3 is 2.52 bits per heavy atom. The summed E-state index contributed by atoms with van der Waals surface area (Å²) in [6.45, 7) is 4.01. The molecule has 1 aliphatic heterocycles. The number of nitrogens with zero attached hydrogens (tertiary/aromatic N) is 2. The molecule has 0 aromatic heterocycles. The molecule has 4 rings (SSSR count). The summed E-state index contributed by atoms with van der Waals surface area (Å²) >= 11 is 0. The molecule has 33 heavy (non-hydrogen) atoms. The van der Waals surface area contributed by atoms with Crippen LogP contribution in [0.15, 0.2) is 47.7 Å². The highest BCUT2D eigenvalue weighted by molar-refractivity contribution is 5.97. The Bertz CT molecular complexity index is 1060. The van der Waals surface area contributed by atoms with Crippen LogP contribution in [-0.4, -0.2) is 11.7 Å². The Morgan fingerprint density at radius 2 is 1.88 bits per heavy atom. The topological polar surface area (TPSA) is 61.2 Å². The van der Waals surface area contributed by atoms with E-state index < -0.39 is 17.2 Å². The largest absolute Gasteiger partial charge is 0.416 e. The molecule has 1 fully saturated rings. The third kappa shape index (κ3) is 4.12. The van der Waals surface area contributed by atoms with Gasteiger partial charge < -0.3 is 0 Å². The van der Waals surface area contributed by atoms with Crippen molar-refractivity contribution in [1.29, 1.82) is 5.26 Å². The lowest BCUT2D eigenvalue weighted by atomic mass is 9.52. The van der Waals surface area contributed by atoms with Gasteiger partial charge in [-0.05, 0) is 80.4 Å². The van der Waals surface area contributed by atoms with E-state index in [1.165, 1.54) is 17.0 Å². The fourth-order valence-corrected chi connectivity index (χ4v) is 6.10. The SMILES string of the molecule is CC1=CC(=O)[C@H]2[C@@H](CCC3=CN(c4ccc(C(F)(F)F)cc4)C(=O)CC[C@@]32C)[C@@H]1CCC#N. The van der Waals surface area contributed by atoms with Crippen LogP contribution in [0, 0.1) is 34.5 Å². The zero-order chi connectivity index (χ0) is 24.0. The smallest absolute Gasteiger partial charge is 0.295 e. The number of ketones is 1. The fourth-order valence-electron chi connectivity index (χ4n) is 6.10. The number of rotatable bonds is 3. The van der Waals surface area contributed by atoms with Gasteiger partial charge in [-0.1, -0.05) is 12.5 Å². The minimum absolute atomic E-state index is 0.0780. The number of allylic oxidation sites excluding steroid dienone is 3. The van der Waals surface area contributed by atoms with Crippen LogP contribution in [0.25, 0.3) is 0 Å². The van der Waals surface area contributed by atoms with E-state index >= 15 is 0 Å². The Kier molecular flexibility index (Phi) is 5.98. The number of halogens is 3. The van der Waals surface area contributed by atoms with Gasteiger partial charge in [0.15, 0.2) is 5.78 Å². The number of hydrogen-bond donors (Lipinski definition) is 0. The number of hydrogen-bond acceptors (Lipinski definition) is 3. The summed E-state index contributed by atoms with van der Waals surface area (Å²) in [5.74, 6) is -0.0636. The molecule has 1 aromatic carbocycles. The van der Waals surface area contributed by atoms with Gasteiger partial charge in [0.25, 0.3) is 0 Å². The van der Waals surface area contributed by atoms with Crippen LogP contribution in [0.4, 0.5) is 18.9 Å². The number of carbonyl (C=O) groups is 2. The van der Waals surface area contributed by atoms with Crippen LogP contribution in [0.1, 0.15) is 57.9 Å². The number of nitriles is 1. The van der Waals surface area contributed by atoms with Crippen LogP contribution in [0.2, 0.25) is 0 Å². The molecule has 1 amide bonds. The Hall–Kier alpha value is -2.88. The van der Waals surface area contributed by atoms with Gasteiger partial charge >= 0.3 is 6.18 Å². The molecule has 0 N–H and O–H groups in total. The third-order valence-corrected chi connectivity index (χ3v) is 7.83. The molecule has 0 spiro atoms. The normalized spacial score (nSPS) is 29.9. The maximum absolute atomic E-state index is 13.2. The van der Waals surface area contributed by atoms with Crippen LogP contribution >= 0.6 is 0 Å². The van der Waals surface area contributed by atoms with Crippen molar-refractivity contribution >= 4 is 17.4 Å². The van der Waals surface area contributed by atoms with E-state index in [0.29, 0.717) is 24.9 Å². The van der Waals surface area contributed by atoms with E-state index in [9.17, 15) is 22.8 Å². The quantitative estimate of drug-likeness (QED) is 0.544. The summed E-state index contributed by atoms with van der Waals surface area (Å²) in [6.07, 6.45) is 2.42. The van der Waals surface area contributed by atoms with E-state index in [2.05, 4.69) is 6.07 Å². The molecule has 0 unspecified atom stereocenters. The van der Waals surface area contributed by atoms with Gasteiger partial charge in [0.2, 0.25) is 5.91 Å². The van der Waals surface area contributed by atoms with Gasteiger partial charge in [-0.2, -0.15) is 18.4 Å². The van der Waals surface area contributed by atoms with Crippen molar-refractivity contribution in [3.8, 4) is 6.07 Å². The summed E-state index contributed by atoms with van der Waals surface area (Å²) < 4.78 is 38.9. The average Bonchev–Trinajstić information content (AvgIpc) is 2.89. The van der Waals surface area contributed by atoms with Crippen LogP contribution in [0.3, 0.4) is 0 Å². The molecule has 1 saturated carbocycles. The van der Waals surface area contributed by atoms with E-state index in [4.69, 9.17) is 5.26 Å². The third-order valence-electron chi connectivity index (χ3n) is 7.83. The summed E-state index contributed by atoms with van der Waals surface area (Å²) in [5, 5.41) is 9.08. The lowest BCUT2D eigenvalue weighted by Crippen LogP contribution is -2.48. The molecule has 174 valence electrons. The van der Waals surface area contributed by atoms with Crippen molar-refractivity contribution in [2.24, 2.45) is 23.2 Å². The van der Waals surface area contributed by atoms with Crippen molar-refractivity contribution in [2.45, 2.75) is 58.5 Å². The van der Waals surface area contributed by atoms with E-state index in [0.717, 1.165) is 36.1 Å². The molecule has 0 bridgehead atoms. The maximum Gasteiger partial charge on any atom is 0.416 e. The van der Waals surface area contributed by atoms with E-state index in [1.54, 1.807) is 12.3 Å².